The van der Waals surface area contributed by atoms with E-state index in [1.54, 1.807) is 7.11 Å². The van der Waals surface area contributed by atoms with Gasteiger partial charge in [-0.2, -0.15) is 0 Å². The quantitative estimate of drug-likeness (QED) is 0.717. The van der Waals surface area contributed by atoms with E-state index in [9.17, 15) is 0 Å². The second kappa shape index (κ2) is 7.10. The number of hydrogen-bond donors (Lipinski definition) is 0. The van der Waals surface area contributed by atoms with E-state index in [2.05, 4.69) is 52.3 Å². The molecule has 0 aromatic heterocycles. The van der Waals surface area contributed by atoms with E-state index in [-0.39, 0.29) is 0 Å². The third-order valence-corrected chi connectivity index (χ3v) is 4.31. The molecule has 0 aliphatic heterocycles. The molecule has 1 saturated carbocycles. The SMILES string of the molecule is COC/C=C/C1CCC(c2ccc(Br)cc2)CC1. The fourth-order valence-corrected chi connectivity index (χ4v) is 2.99. The Morgan fingerprint density at radius 1 is 1.17 bits per heavy atom. The van der Waals surface area contributed by atoms with Gasteiger partial charge in [0.2, 0.25) is 0 Å². The molecular weight excluding hydrogens is 288 g/mol. The number of allylic oxidation sites excluding steroid dienone is 1. The summed E-state index contributed by atoms with van der Waals surface area (Å²) in [6, 6.07) is 8.82. The van der Waals surface area contributed by atoms with Crippen LogP contribution in [0.5, 0.6) is 0 Å². The van der Waals surface area contributed by atoms with Crippen molar-refractivity contribution in [3.05, 3.63) is 46.5 Å². The van der Waals surface area contributed by atoms with Gasteiger partial charge in [0.15, 0.2) is 0 Å². The summed E-state index contributed by atoms with van der Waals surface area (Å²) < 4.78 is 6.21. The highest BCUT2D eigenvalue weighted by molar-refractivity contribution is 9.10. The van der Waals surface area contributed by atoms with Gasteiger partial charge in [-0.3, -0.25) is 0 Å². The highest BCUT2D eigenvalue weighted by atomic mass is 79.9. The fraction of sp³-hybridized carbons (Fsp3) is 0.500. The number of methoxy groups -OCH3 is 1. The van der Waals surface area contributed by atoms with E-state index in [1.165, 1.54) is 35.7 Å². The molecule has 0 N–H and O–H groups in total. The van der Waals surface area contributed by atoms with Crippen LogP contribution in [0.1, 0.15) is 37.2 Å². The summed E-state index contributed by atoms with van der Waals surface area (Å²) in [5.41, 5.74) is 1.50. The molecule has 0 spiro atoms. The summed E-state index contributed by atoms with van der Waals surface area (Å²) in [5, 5.41) is 0. The van der Waals surface area contributed by atoms with Gasteiger partial charge in [-0.05, 0) is 55.2 Å². The molecule has 18 heavy (non-hydrogen) atoms. The van der Waals surface area contributed by atoms with Crippen LogP contribution in [0, 0.1) is 5.92 Å². The van der Waals surface area contributed by atoms with E-state index in [1.807, 2.05) is 0 Å². The zero-order chi connectivity index (χ0) is 12.8. The molecule has 0 radical (unpaired) electrons. The summed E-state index contributed by atoms with van der Waals surface area (Å²) in [7, 11) is 1.74. The summed E-state index contributed by atoms with van der Waals surface area (Å²) in [5.74, 6) is 1.51. The van der Waals surface area contributed by atoms with Gasteiger partial charge in [0, 0.05) is 11.6 Å². The van der Waals surface area contributed by atoms with Crippen molar-refractivity contribution in [3.8, 4) is 0 Å². The molecule has 2 heteroatoms. The van der Waals surface area contributed by atoms with Crippen LogP contribution in [-0.2, 0) is 4.74 Å². The second-order valence-electron chi connectivity index (χ2n) is 5.05. The lowest BCUT2D eigenvalue weighted by Crippen LogP contribution is -2.11. The van der Waals surface area contributed by atoms with Gasteiger partial charge in [-0.15, -0.1) is 0 Å². The predicted molar refractivity (Wildman–Crippen MR) is 79.9 cm³/mol. The number of ether oxygens (including phenoxy) is 1. The van der Waals surface area contributed by atoms with Crippen molar-refractivity contribution >= 4 is 15.9 Å². The Morgan fingerprint density at radius 3 is 2.44 bits per heavy atom. The molecule has 98 valence electrons. The lowest BCUT2D eigenvalue weighted by molar-refractivity contribution is 0.233. The van der Waals surface area contributed by atoms with Crippen LogP contribution in [0.3, 0.4) is 0 Å². The minimum absolute atomic E-state index is 0.743. The maximum absolute atomic E-state index is 5.04. The summed E-state index contributed by atoms with van der Waals surface area (Å²) in [4.78, 5) is 0. The van der Waals surface area contributed by atoms with E-state index < -0.39 is 0 Å². The van der Waals surface area contributed by atoms with Gasteiger partial charge in [0.1, 0.15) is 0 Å². The lowest BCUT2D eigenvalue weighted by Gasteiger charge is -2.27. The standard InChI is InChI=1S/C16H21BrO/c1-18-12-2-3-13-4-6-14(7-5-13)15-8-10-16(17)11-9-15/h2-3,8-11,13-14H,4-7,12H2,1H3/b3-2+. The highest BCUT2D eigenvalue weighted by Gasteiger charge is 2.20. The van der Waals surface area contributed by atoms with E-state index in [4.69, 9.17) is 4.74 Å². The normalized spacial score (nSPS) is 24.6. The zero-order valence-electron chi connectivity index (χ0n) is 10.9. The molecule has 1 fully saturated rings. The van der Waals surface area contributed by atoms with Crippen LogP contribution in [0.2, 0.25) is 0 Å². The minimum Gasteiger partial charge on any atom is -0.381 e. The molecule has 0 bridgehead atoms. The van der Waals surface area contributed by atoms with Gasteiger partial charge in [-0.25, -0.2) is 0 Å². The number of hydrogen-bond acceptors (Lipinski definition) is 1. The summed E-state index contributed by atoms with van der Waals surface area (Å²) in [6.45, 7) is 0.743. The highest BCUT2D eigenvalue weighted by Crippen LogP contribution is 2.36. The van der Waals surface area contributed by atoms with Crippen molar-refractivity contribution in [1.82, 2.24) is 0 Å². The van der Waals surface area contributed by atoms with Crippen molar-refractivity contribution in [2.75, 3.05) is 13.7 Å². The van der Waals surface area contributed by atoms with Gasteiger partial charge < -0.3 is 4.74 Å². The Hall–Kier alpha value is -0.600. The first-order chi connectivity index (χ1) is 8.79. The largest absolute Gasteiger partial charge is 0.381 e. The lowest BCUT2D eigenvalue weighted by atomic mass is 9.78. The van der Waals surface area contributed by atoms with Crippen molar-refractivity contribution in [3.63, 3.8) is 0 Å². The van der Waals surface area contributed by atoms with E-state index in [0.29, 0.717) is 0 Å². The Bertz CT molecular complexity index is 375. The third kappa shape index (κ3) is 3.96. The fourth-order valence-electron chi connectivity index (χ4n) is 2.72. The van der Waals surface area contributed by atoms with Crippen molar-refractivity contribution in [2.24, 2.45) is 5.92 Å². The maximum atomic E-state index is 5.04. The zero-order valence-corrected chi connectivity index (χ0v) is 12.5. The molecular formula is C16H21BrO. The van der Waals surface area contributed by atoms with Crippen LogP contribution >= 0.6 is 15.9 Å². The van der Waals surface area contributed by atoms with Gasteiger partial charge >= 0.3 is 0 Å². The third-order valence-electron chi connectivity index (χ3n) is 3.78. The van der Waals surface area contributed by atoms with Crippen LogP contribution in [0.15, 0.2) is 40.9 Å². The van der Waals surface area contributed by atoms with E-state index in [0.717, 1.165) is 18.4 Å². The van der Waals surface area contributed by atoms with Crippen LogP contribution < -0.4 is 0 Å². The maximum Gasteiger partial charge on any atom is 0.0643 e. The molecule has 0 saturated heterocycles. The Labute approximate surface area is 118 Å². The van der Waals surface area contributed by atoms with Crippen molar-refractivity contribution in [1.29, 1.82) is 0 Å². The first-order valence-corrected chi connectivity index (χ1v) is 7.50. The number of benzene rings is 1. The number of halogens is 1. The Kier molecular flexibility index (Phi) is 5.45. The first-order valence-electron chi connectivity index (χ1n) is 6.70. The predicted octanol–water partition coefficient (Wildman–Crippen LogP) is 4.93. The first kappa shape index (κ1) is 13.8. The number of rotatable bonds is 4. The molecule has 0 amide bonds. The molecule has 1 aromatic carbocycles. The minimum atomic E-state index is 0.743. The topological polar surface area (TPSA) is 9.23 Å². The van der Waals surface area contributed by atoms with Crippen molar-refractivity contribution in [2.45, 2.75) is 31.6 Å². The average molecular weight is 309 g/mol. The van der Waals surface area contributed by atoms with E-state index >= 15 is 0 Å². The summed E-state index contributed by atoms with van der Waals surface area (Å²) >= 11 is 3.49. The van der Waals surface area contributed by atoms with Crippen LogP contribution in [0.4, 0.5) is 0 Å². The monoisotopic (exact) mass is 308 g/mol. The molecule has 1 aliphatic rings. The molecule has 1 nitrogen and oxygen atoms in total. The van der Waals surface area contributed by atoms with Crippen molar-refractivity contribution < 1.29 is 4.74 Å². The molecule has 0 atom stereocenters. The average Bonchev–Trinajstić information content (AvgIpc) is 2.41. The van der Waals surface area contributed by atoms with Gasteiger partial charge in [-0.1, -0.05) is 40.2 Å². The Morgan fingerprint density at radius 2 is 1.83 bits per heavy atom. The molecule has 1 aliphatic carbocycles. The van der Waals surface area contributed by atoms with Gasteiger partial charge in [0.25, 0.3) is 0 Å². The second-order valence-corrected chi connectivity index (χ2v) is 5.96. The molecule has 0 heterocycles. The smallest absolute Gasteiger partial charge is 0.0643 e. The summed E-state index contributed by atoms with van der Waals surface area (Å²) in [6.07, 6.45) is 9.72. The molecule has 2 rings (SSSR count). The molecule has 0 unspecified atom stereocenters. The van der Waals surface area contributed by atoms with Crippen LogP contribution in [-0.4, -0.2) is 13.7 Å². The molecule has 1 aromatic rings. The Balaban J connectivity index is 1.84. The van der Waals surface area contributed by atoms with Crippen LogP contribution in [0.25, 0.3) is 0 Å². The van der Waals surface area contributed by atoms with Gasteiger partial charge in [0.05, 0.1) is 6.61 Å².